The van der Waals surface area contributed by atoms with Crippen LogP contribution in [0.3, 0.4) is 0 Å². The molecule has 27 heavy (non-hydrogen) atoms. The lowest BCUT2D eigenvalue weighted by atomic mass is 9.97. The number of piperidine rings is 1. The van der Waals surface area contributed by atoms with Crippen LogP contribution in [0.25, 0.3) is 0 Å². The fourth-order valence-corrected chi connectivity index (χ4v) is 4.38. The van der Waals surface area contributed by atoms with Crippen molar-refractivity contribution < 1.29 is 17.9 Å². The van der Waals surface area contributed by atoms with Gasteiger partial charge in [-0.2, -0.15) is 0 Å². The molecule has 2 aliphatic rings. The van der Waals surface area contributed by atoms with E-state index in [9.17, 15) is 13.2 Å². The highest BCUT2D eigenvalue weighted by atomic mass is 32.2. The first-order valence-corrected chi connectivity index (χ1v) is 11.0. The number of likely N-dealkylation sites (tertiary alicyclic amines) is 1. The van der Waals surface area contributed by atoms with Crippen molar-refractivity contribution in [3.8, 4) is 5.88 Å². The maximum Gasteiger partial charge on any atom is 0.233 e. The first-order valence-electron chi connectivity index (χ1n) is 9.15. The van der Waals surface area contributed by atoms with Crippen LogP contribution in [0.2, 0.25) is 0 Å². The summed E-state index contributed by atoms with van der Waals surface area (Å²) in [5.74, 6) is 1.21. The average Bonchev–Trinajstić information content (AvgIpc) is 3.09. The first-order chi connectivity index (χ1) is 12.7. The average molecular weight is 398 g/mol. The van der Waals surface area contributed by atoms with Crippen LogP contribution in [-0.2, 0) is 14.8 Å². The molecular formula is C17H27N5O4S. The fraction of sp³-hybridized carbons (Fsp3) is 0.706. The van der Waals surface area contributed by atoms with Gasteiger partial charge in [0.05, 0.1) is 12.8 Å². The second-order valence-corrected chi connectivity index (χ2v) is 9.36. The van der Waals surface area contributed by atoms with Crippen LogP contribution in [0.5, 0.6) is 5.88 Å². The molecule has 0 aromatic carbocycles. The minimum Gasteiger partial charge on any atom is -0.471 e. The summed E-state index contributed by atoms with van der Waals surface area (Å²) in [4.78, 5) is 16.4. The second kappa shape index (κ2) is 7.97. The summed E-state index contributed by atoms with van der Waals surface area (Å²) in [5, 5.41) is 8.17. The third-order valence-corrected chi connectivity index (χ3v) is 6.40. The van der Waals surface area contributed by atoms with Gasteiger partial charge in [-0.15, -0.1) is 10.2 Å². The number of carbonyl (C=O) groups is 1. The van der Waals surface area contributed by atoms with Crippen LogP contribution in [0, 0.1) is 5.92 Å². The van der Waals surface area contributed by atoms with E-state index in [1.165, 1.54) is 10.6 Å². The summed E-state index contributed by atoms with van der Waals surface area (Å²) in [6.45, 7) is 2.01. The van der Waals surface area contributed by atoms with Crippen LogP contribution in [0.15, 0.2) is 12.1 Å². The van der Waals surface area contributed by atoms with Gasteiger partial charge < -0.3 is 14.5 Å². The lowest BCUT2D eigenvalue weighted by Crippen LogP contribution is -2.43. The fourth-order valence-electron chi connectivity index (χ4n) is 3.50. The van der Waals surface area contributed by atoms with Gasteiger partial charge in [-0.1, -0.05) is 0 Å². The largest absolute Gasteiger partial charge is 0.471 e. The van der Waals surface area contributed by atoms with Crippen LogP contribution in [-0.4, -0.2) is 86.4 Å². The molecular weight excluding hydrogens is 370 g/mol. The SMILES string of the molecule is CN(C)c1ccc(O[C@H]2CCN(C(=O)C3CCN(S(C)(=O)=O)CC3)C2)nn1. The maximum atomic E-state index is 12.7. The van der Waals surface area contributed by atoms with E-state index in [2.05, 4.69) is 10.2 Å². The third kappa shape index (κ3) is 4.86. The quantitative estimate of drug-likeness (QED) is 0.700. The lowest BCUT2D eigenvalue weighted by Gasteiger charge is -2.31. The van der Waals surface area contributed by atoms with E-state index in [0.717, 1.165) is 12.2 Å². The Kier molecular flexibility index (Phi) is 5.85. The van der Waals surface area contributed by atoms with Crippen molar-refractivity contribution in [2.24, 2.45) is 5.92 Å². The van der Waals surface area contributed by atoms with Crippen LogP contribution < -0.4 is 9.64 Å². The van der Waals surface area contributed by atoms with Crippen molar-refractivity contribution in [2.45, 2.75) is 25.4 Å². The number of carbonyl (C=O) groups excluding carboxylic acids is 1. The van der Waals surface area contributed by atoms with E-state index in [1.807, 2.05) is 30.0 Å². The predicted octanol–water partition coefficient (Wildman–Crippen LogP) is 0.194. The molecule has 1 aromatic heterocycles. The van der Waals surface area contributed by atoms with E-state index in [4.69, 9.17) is 4.74 Å². The molecule has 0 bridgehead atoms. The highest BCUT2D eigenvalue weighted by molar-refractivity contribution is 7.88. The Balaban J connectivity index is 1.50. The summed E-state index contributed by atoms with van der Waals surface area (Å²) < 4.78 is 30.5. The molecule has 2 fully saturated rings. The number of nitrogens with zero attached hydrogens (tertiary/aromatic N) is 5. The summed E-state index contributed by atoms with van der Waals surface area (Å²) in [6, 6.07) is 3.63. The molecule has 0 unspecified atom stereocenters. The molecule has 1 aromatic rings. The van der Waals surface area contributed by atoms with E-state index in [1.54, 1.807) is 6.07 Å². The van der Waals surface area contributed by atoms with Gasteiger partial charge in [0.2, 0.25) is 21.8 Å². The Morgan fingerprint density at radius 1 is 1.15 bits per heavy atom. The number of hydrogen-bond donors (Lipinski definition) is 0. The molecule has 2 saturated heterocycles. The van der Waals surface area contributed by atoms with Crippen molar-refractivity contribution in [1.29, 1.82) is 0 Å². The molecule has 3 rings (SSSR count). The van der Waals surface area contributed by atoms with Gasteiger partial charge in [0, 0.05) is 52.1 Å². The zero-order valence-electron chi connectivity index (χ0n) is 16.0. The highest BCUT2D eigenvalue weighted by Crippen LogP contribution is 2.24. The number of hydrogen-bond acceptors (Lipinski definition) is 7. The third-order valence-electron chi connectivity index (χ3n) is 5.10. The number of sulfonamides is 1. The van der Waals surface area contributed by atoms with Gasteiger partial charge in [0.1, 0.15) is 6.10 Å². The lowest BCUT2D eigenvalue weighted by molar-refractivity contribution is -0.135. The van der Waals surface area contributed by atoms with E-state index in [0.29, 0.717) is 44.9 Å². The number of ether oxygens (including phenoxy) is 1. The van der Waals surface area contributed by atoms with Gasteiger partial charge >= 0.3 is 0 Å². The molecule has 1 atom stereocenters. The monoisotopic (exact) mass is 397 g/mol. The molecule has 0 radical (unpaired) electrons. The minimum absolute atomic E-state index is 0.0930. The van der Waals surface area contributed by atoms with Gasteiger partial charge in [0.25, 0.3) is 0 Å². The normalized spacial score (nSPS) is 22.0. The predicted molar refractivity (Wildman–Crippen MR) is 101 cm³/mol. The minimum atomic E-state index is -3.17. The molecule has 0 spiro atoms. The zero-order valence-corrected chi connectivity index (χ0v) is 16.9. The first kappa shape index (κ1) is 19.8. The van der Waals surface area contributed by atoms with Crippen molar-refractivity contribution >= 4 is 21.7 Å². The van der Waals surface area contributed by atoms with Crippen LogP contribution >= 0.6 is 0 Å². The molecule has 10 heteroatoms. The summed E-state index contributed by atoms with van der Waals surface area (Å²) >= 11 is 0. The zero-order chi connectivity index (χ0) is 19.6. The summed E-state index contributed by atoms with van der Waals surface area (Å²) in [5.41, 5.74) is 0. The van der Waals surface area contributed by atoms with Gasteiger partial charge in [-0.05, 0) is 18.9 Å². The summed E-state index contributed by atoms with van der Waals surface area (Å²) in [7, 11) is 0.615. The molecule has 2 aliphatic heterocycles. The summed E-state index contributed by atoms with van der Waals surface area (Å²) in [6.07, 6.45) is 3.03. The van der Waals surface area contributed by atoms with Crippen LogP contribution in [0.4, 0.5) is 5.82 Å². The second-order valence-electron chi connectivity index (χ2n) is 7.37. The smallest absolute Gasteiger partial charge is 0.233 e. The van der Waals surface area contributed by atoms with Gasteiger partial charge in [-0.3, -0.25) is 4.79 Å². The molecule has 1 amide bonds. The Morgan fingerprint density at radius 2 is 1.85 bits per heavy atom. The van der Waals surface area contributed by atoms with Crippen molar-refractivity contribution in [1.82, 2.24) is 19.4 Å². The molecule has 9 nitrogen and oxygen atoms in total. The topological polar surface area (TPSA) is 95.9 Å². The Labute approximate surface area is 160 Å². The van der Waals surface area contributed by atoms with Crippen molar-refractivity contribution in [3.63, 3.8) is 0 Å². The number of aromatic nitrogens is 2. The molecule has 0 saturated carbocycles. The molecule has 0 aliphatic carbocycles. The molecule has 150 valence electrons. The van der Waals surface area contributed by atoms with Gasteiger partial charge in [0.15, 0.2) is 5.82 Å². The molecule has 0 N–H and O–H groups in total. The number of rotatable bonds is 5. The highest BCUT2D eigenvalue weighted by Gasteiger charge is 2.35. The van der Waals surface area contributed by atoms with E-state index in [-0.39, 0.29) is 17.9 Å². The van der Waals surface area contributed by atoms with E-state index >= 15 is 0 Å². The Morgan fingerprint density at radius 3 is 2.41 bits per heavy atom. The maximum absolute atomic E-state index is 12.7. The van der Waals surface area contributed by atoms with Crippen molar-refractivity contribution in [3.05, 3.63) is 12.1 Å². The Hall–Kier alpha value is -1.94. The molecule has 3 heterocycles. The number of anilines is 1. The number of amides is 1. The standard InChI is InChI=1S/C17H27N5O4S/c1-20(2)15-4-5-16(19-18-15)26-14-8-9-21(12-14)17(23)13-6-10-22(11-7-13)27(3,24)25/h4-5,13-14H,6-12H2,1-3H3/t14-/m0/s1. The Bertz CT molecular complexity index is 760. The van der Waals surface area contributed by atoms with Crippen LogP contribution in [0.1, 0.15) is 19.3 Å². The van der Waals surface area contributed by atoms with E-state index < -0.39 is 10.0 Å². The van der Waals surface area contributed by atoms with Gasteiger partial charge in [-0.25, -0.2) is 12.7 Å². The van der Waals surface area contributed by atoms with Crippen molar-refractivity contribution in [2.75, 3.05) is 51.4 Å².